The number of hydrogen-bond acceptors (Lipinski definition) is 4. The lowest BCUT2D eigenvalue weighted by molar-refractivity contribution is -0.125. The topological polar surface area (TPSA) is 75.4 Å². The summed E-state index contributed by atoms with van der Waals surface area (Å²) in [7, 11) is 0. The largest absolute Gasteiger partial charge is 0.368 e. The average molecular weight is 452 g/mol. The van der Waals surface area contributed by atoms with E-state index in [1.54, 1.807) is 11.8 Å². The Balaban J connectivity index is 1.47. The first-order chi connectivity index (χ1) is 15.0. The fraction of sp³-hybridized carbons (Fsp3) is 0.167. The number of fused-ring (bicyclic) bond motifs is 1. The number of para-hydroxylation sites is 1. The number of nitrogens with one attached hydrogen (secondary N) is 1. The number of rotatable bonds is 6. The minimum atomic E-state index is -0.501. The van der Waals surface area contributed by atoms with Crippen molar-refractivity contribution in [3.63, 3.8) is 0 Å². The molecule has 3 aromatic rings. The highest BCUT2D eigenvalue weighted by Gasteiger charge is 2.31. The number of nitrogens with two attached hydrogens (primary N) is 1. The number of hydrogen-bond donors (Lipinski definition) is 2. The number of nitrogens with zero attached hydrogens (tertiary/aromatic N) is 1. The normalized spacial score (nSPS) is 15.8. The molecule has 5 nitrogen and oxygen atoms in total. The summed E-state index contributed by atoms with van der Waals surface area (Å²) in [4.78, 5) is 28.7. The minimum absolute atomic E-state index is 0.0852. The Labute approximate surface area is 190 Å². The SMILES string of the molecule is NC(=O)[C@@H]1Cc2ccccc2CN1CC(=O)Nc1ccccc1Sc1ccc(Cl)cc1. The molecule has 3 N–H and O–H groups in total. The van der Waals surface area contributed by atoms with Crippen molar-refractivity contribution < 1.29 is 9.59 Å². The van der Waals surface area contributed by atoms with Gasteiger partial charge in [-0.05, 0) is 53.9 Å². The van der Waals surface area contributed by atoms with Crippen LogP contribution in [-0.4, -0.2) is 29.3 Å². The third-order valence-corrected chi connectivity index (χ3v) is 6.56. The highest BCUT2D eigenvalue weighted by Crippen LogP contribution is 2.34. The highest BCUT2D eigenvalue weighted by molar-refractivity contribution is 7.99. The van der Waals surface area contributed by atoms with E-state index in [-0.39, 0.29) is 12.5 Å². The highest BCUT2D eigenvalue weighted by atomic mass is 35.5. The van der Waals surface area contributed by atoms with Crippen molar-refractivity contribution >= 4 is 40.9 Å². The molecule has 31 heavy (non-hydrogen) atoms. The van der Waals surface area contributed by atoms with Crippen molar-refractivity contribution in [3.8, 4) is 0 Å². The molecule has 3 aromatic carbocycles. The maximum Gasteiger partial charge on any atom is 0.238 e. The lowest BCUT2D eigenvalue weighted by Crippen LogP contribution is -2.50. The van der Waals surface area contributed by atoms with Gasteiger partial charge in [-0.3, -0.25) is 14.5 Å². The van der Waals surface area contributed by atoms with Crippen molar-refractivity contribution in [1.82, 2.24) is 4.90 Å². The molecule has 1 heterocycles. The molecular formula is C24H22ClN3O2S. The summed E-state index contributed by atoms with van der Waals surface area (Å²) in [5.74, 6) is -0.601. The van der Waals surface area contributed by atoms with Gasteiger partial charge in [0.1, 0.15) is 0 Å². The van der Waals surface area contributed by atoms with Crippen LogP contribution in [0.3, 0.4) is 0 Å². The maximum atomic E-state index is 12.9. The van der Waals surface area contributed by atoms with Crippen LogP contribution in [0.5, 0.6) is 0 Å². The lowest BCUT2D eigenvalue weighted by Gasteiger charge is -2.34. The van der Waals surface area contributed by atoms with Gasteiger partial charge in [-0.15, -0.1) is 0 Å². The lowest BCUT2D eigenvalue weighted by atomic mass is 9.93. The van der Waals surface area contributed by atoms with Crippen LogP contribution in [-0.2, 0) is 22.6 Å². The molecule has 0 spiro atoms. The summed E-state index contributed by atoms with van der Waals surface area (Å²) in [6.07, 6.45) is 0.516. The van der Waals surface area contributed by atoms with Crippen molar-refractivity contribution in [2.24, 2.45) is 5.73 Å². The van der Waals surface area contributed by atoms with Crippen molar-refractivity contribution in [2.75, 3.05) is 11.9 Å². The van der Waals surface area contributed by atoms with Gasteiger partial charge in [-0.25, -0.2) is 0 Å². The van der Waals surface area contributed by atoms with E-state index < -0.39 is 11.9 Å². The van der Waals surface area contributed by atoms with Crippen LogP contribution in [0.15, 0.2) is 82.6 Å². The number of halogens is 1. The molecule has 0 saturated carbocycles. The van der Waals surface area contributed by atoms with Gasteiger partial charge in [0.2, 0.25) is 11.8 Å². The van der Waals surface area contributed by atoms with Gasteiger partial charge >= 0.3 is 0 Å². The Kier molecular flexibility index (Phi) is 6.61. The first-order valence-corrected chi connectivity index (χ1v) is 11.1. The summed E-state index contributed by atoms with van der Waals surface area (Å²) in [6, 6.07) is 22.6. The van der Waals surface area contributed by atoms with Crippen LogP contribution in [0.4, 0.5) is 5.69 Å². The third kappa shape index (κ3) is 5.28. The molecule has 2 amide bonds. The molecule has 0 aliphatic carbocycles. The van der Waals surface area contributed by atoms with Gasteiger partial charge < -0.3 is 11.1 Å². The third-order valence-electron chi connectivity index (χ3n) is 5.22. The Morgan fingerprint density at radius 3 is 2.42 bits per heavy atom. The van der Waals surface area contributed by atoms with Crippen LogP contribution in [0.1, 0.15) is 11.1 Å². The fourth-order valence-electron chi connectivity index (χ4n) is 3.69. The van der Waals surface area contributed by atoms with Gasteiger partial charge in [0, 0.05) is 21.4 Å². The Morgan fingerprint density at radius 1 is 1.00 bits per heavy atom. The second-order valence-electron chi connectivity index (χ2n) is 7.40. The second-order valence-corrected chi connectivity index (χ2v) is 8.95. The molecule has 0 aromatic heterocycles. The average Bonchev–Trinajstić information content (AvgIpc) is 2.76. The number of carbonyl (C=O) groups excluding carboxylic acids is 2. The van der Waals surface area contributed by atoms with Crippen LogP contribution < -0.4 is 11.1 Å². The monoisotopic (exact) mass is 451 g/mol. The standard InChI is InChI=1S/C24H22ClN3O2S/c25-18-9-11-19(12-10-18)31-22-8-4-3-7-20(22)27-23(29)15-28-14-17-6-2-1-5-16(17)13-21(28)24(26)30/h1-12,21H,13-15H2,(H2,26,30)(H,27,29)/t21-/m0/s1. The first-order valence-electron chi connectivity index (χ1n) is 9.92. The van der Waals surface area contributed by atoms with E-state index in [0.717, 1.165) is 26.6 Å². The smallest absolute Gasteiger partial charge is 0.238 e. The van der Waals surface area contributed by atoms with Crippen molar-refractivity contribution in [3.05, 3.63) is 88.9 Å². The Morgan fingerprint density at radius 2 is 1.68 bits per heavy atom. The van der Waals surface area contributed by atoms with E-state index in [4.69, 9.17) is 17.3 Å². The molecule has 7 heteroatoms. The minimum Gasteiger partial charge on any atom is -0.368 e. The number of primary amides is 1. The molecule has 1 aliphatic rings. The van der Waals surface area contributed by atoms with E-state index in [1.165, 1.54) is 0 Å². The summed E-state index contributed by atoms with van der Waals surface area (Å²) in [5.41, 5.74) is 8.58. The maximum absolute atomic E-state index is 12.9. The molecule has 0 fully saturated rings. The second kappa shape index (κ2) is 9.56. The summed E-state index contributed by atoms with van der Waals surface area (Å²) < 4.78 is 0. The molecule has 4 rings (SSSR count). The Bertz CT molecular complexity index is 1100. The predicted octanol–water partition coefficient (Wildman–Crippen LogP) is 4.34. The zero-order chi connectivity index (χ0) is 21.8. The molecule has 0 bridgehead atoms. The van der Waals surface area contributed by atoms with Crippen LogP contribution in [0.2, 0.25) is 5.02 Å². The molecule has 1 atom stereocenters. The fourth-order valence-corrected chi connectivity index (χ4v) is 4.71. The van der Waals surface area contributed by atoms with Crippen LogP contribution in [0, 0.1) is 0 Å². The van der Waals surface area contributed by atoms with Gasteiger partial charge in [0.15, 0.2) is 0 Å². The quantitative estimate of drug-likeness (QED) is 0.584. The van der Waals surface area contributed by atoms with Gasteiger partial charge in [0.05, 0.1) is 18.3 Å². The summed E-state index contributed by atoms with van der Waals surface area (Å²) in [5, 5.41) is 3.67. The molecule has 0 unspecified atom stereocenters. The van der Waals surface area contributed by atoms with E-state index in [9.17, 15) is 9.59 Å². The molecule has 0 radical (unpaired) electrons. The van der Waals surface area contributed by atoms with Gasteiger partial charge in [-0.1, -0.05) is 59.8 Å². The van der Waals surface area contributed by atoms with Gasteiger partial charge in [0.25, 0.3) is 0 Å². The molecular weight excluding hydrogens is 430 g/mol. The van der Waals surface area contributed by atoms with E-state index in [0.29, 0.717) is 18.0 Å². The van der Waals surface area contributed by atoms with Gasteiger partial charge in [-0.2, -0.15) is 0 Å². The Hall–Kier alpha value is -2.80. The van der Waals surface area contributed by atoms with Crippen molar-refractivity contribution in [2.45, 2.75) is 28.8 Å². The number of benzene rings is 3. The number of amides is 2. The predicted molar refractivity (Wildman–Crippen MR) is 124 cm³/mol. The number of carbonyl (C=O) groups is 2. The van der Waals surface area contributed by atoms with E-state index >= 15 is 0 Å². The molecule has 0 saturated heterocycles. The number of anilines is 1. The summed E-state index contributed by atoms with van der Waals surface area (Å²) >= 11 is 7.52. The first kappa shape index (κ1) is 21.4. The molecule has 158 valence electrons. The van der Waals surface area contributed by atoms with Crippen LogP contribution in [0.25, 0.3) is 0 Å². The zero-order valence-corrected chi connectivity index (χ0v) is 18.3. The van der Waals surface area contributed by atoms with Crippen molar-refractivity contribution in [1.29, 1.82) is 0 Å². The zero-order valence-electron chi connectivity index (χ0n) is 16.8. The summed E-state index contributed by atoms with van der Waals surface area (Å²) in [6.45, 7) is 0.597. The molecule has 1 aliphatic heterocycles. The van der Waals surface area contributed by atoms with E-state index in [2.05, 4.69) is 5.32 Å². The van der Waals surface area contributed by atoms with Crippen LogP contribution >= 0.6 is 23.4 Å². The van der Waals surface area contributed by atoms with E-state index in [1.807, 2.05) is 77.7 Å².